The summed E-state index contributed by atoms with van der Waals surface area (Å²) in [6, 6.07) is 7.96. The molecule has 0 aliphatic heterocycles. The van der Waals surface area contributed by atoms with E-state index in [1.165, 1.54) is 0 Å². The van der Waals surface area contributed by atoms with Crippen LogP contribution >= 0.6 is 0 Å². The standard InChI is InChI=1S/C14H15N3O/c1-8-6-10(15)13-9(14(8)18-2)7-12(17-13)11-4-3-5-16-11/h3-7,16-17H,15H2,1-2H3. The van der Waals surface area contributed by atoms with Crippen LogP contribution in [0.4, 0.5) is 5.69 Å². The SMILES string of the molecule is COc1c(C)cc(N)c2[nH]c(-c3ccc[nH]3)cc12. The summed E-state index contributed by atoms with van der Waals surface area (Å²) in [5.74, 6) is 0.869. The third-order valence-corrected chi connectivity index (χ3v) is 3.17. The lowest BCUT2D eigenvalue weighted by atomic mass is 10.1. The Morgan fingerprint density at radius 1 is 1.22 bits per heavy atom. The zero-order valence-electron chi connectivity index (χ0n) is 10.4. The molecular formula is C14H15N3O. The van der Waals surface area contributed by atoms with Crippen LogP contribution in [-0.4, -0.2) is 17.1 Å². The predicted molar refractivity (Wildman–Crippen MR) is 73.8 cm³/mol. The van der Waals surface area contributed by atoms with E-state index in [4.69, 9.17) is 10.5 Å². The second-order valence-corrected chi connectivity index (χ2v) is 4.37. The van der Waals surface area contributed by atoms with Crippen molar-refractivity contribution < 1.29 is 4.74 Å². The molecule has 3 rings (SSSR count). The van der Waals surface area contributed by atoms with Crippen LogP contribution in [-0.2, 0) is 0 Å². The molecule has 0 amide bonds. The Hall–Kier alpha value is -2.36. The molecule has 1 aromatic carbocycles. The summed E-state index contributed by atoms with van der Waals surface area (Å²) >= 11 is 0. The number of fused-ring (bicyclic) bond motifs is 1. The summed E-state index contributed by atoms with van der Waals surface area (Å²) in [7, 11) is 1.68. The van der Waals surface area contributed by atoms with Gasteiger partial charge in [-0.3, -0.25) is 0 Å². The quantitative estimate of drug-likeness (QED) is 0.603. The van der Waals surface area contributed by atoms with Gasteiger partial charge < -0.3 is 20.4 Å². The van der Waals surface area contributed by atoms with Crippen LogP contribution in [0.1, 0.15) is 5.56 Å². The largest absolute Gasteiger partial charge is 0.496 e. The molecule has 0 fully saturated rings. The number of H-pyrrole nitrogens is 2. The zero-order valence-corrected chi connectivity index (χ0v) is 10.4. The molecule has 4 N–H and O–H groups in total. The van der Waals surface area contributed by atoms with Crippen molar-refractivity contribution in [2.45, 2.75) is 6.92 Å². The Kier molecular flexibility index (Phi) is 2.30. The van der Waals surface area contributed by atoms with E-state index in [-0.39, 0.29) is 0 Å². The molecule has 18 heavy (non-hydrogen) atoms. The molecule has 0 unspecified atom stereocenters. The maximum atomic E-state index is 6.05. The molecule has 0 aliphatic rings. The van der Waals surface area contributed by atoms with E-state index in [9.17, 15) is 0 Å². The molecule has 0 aliphatic carbocycles. The summed E-state index contributed by atoms with van der Waals surface area (Å²) in [4.78, 5) is 6.51. The fourth-order valence-corrected chi connectivity index (χ4v) is 2.36. The van der Waals surface area contributed by atoms with Gasteiger partial charge >= 0.3 is 0 Å². The maximum Gasteiger partial charge on any atom is 0.131 e. The normalized spacial score (nSPS) is 11.0. The van der Waals surface area contributed by atoms with Crippen molar-refractivity contribution in [1.82, 2.24) is 9.97 Å². The summed E-state index contributed by atoms with van der Waals surface area (Å²) in [5, 5.41) is 1.01. The Morgan fingerprint density at radius 2 is 2.06 bits per heavy atom. The Balaban J connectivity index is 2.32. The first-order valence-corrected chi connectivity index (χ1v) is 5.80. The molecule has 0 saturated carbocycles. The molecule has 0 atom stereocenters. The van der Waals surface area contributed by atoms with Crippen molar-refractivity contribution >= 4 is 16.6 Å². The van der Waals surface area contributed by atoms with Crippen molar-refractivity contribution in [2.75, 3.05) is 12.8 Å². The minimum Gasteiger partial charge on any atom is -0.496 e. The zero-order chi connectivity index (χ0) is 12.7. The van der Waals surface area contributed by atoms with Crippen LogP contribution in [0.5, 0.6) is 5.75 Å². The second-order valence-electron chi connectivity index (χ2n) is 4.37. The molecule has 2 heterocycles. The Bertz CT molecular complexity index is 695. The van der Waals surface area contributed by atoms with Crippen LogP contribution in [0.2, 0.25) is 0 Å². The molecular weight excluding hydrogens is 226 g/mol. The molecule has 3 aromatic rings. The van der Waals surface area contributed by atoms with E-state index in [1.54, 1.807) is 7.11 Å². The number of aromatic amines is 2. The third kappa shape index (κ3) is 1.46. The number of hydrogen-bond acceptors (Lipinski definition) is 2. The predicted octanol–water partition coefficient (Wildman–Crippen LogP) is 3.06. The molecule has 92 valence electrons. The van der Waals surface area contributed by atoms with Gasteiger partial charge in [0, 0.05) is 11.6 Å². The van der Waals surface area contributed by atoms with Crippen LogP contribution in [0, 0.1) is 6.92 Å². The highest BCUT2D eigenvalue weighted by Crippen LogP contribution is 2.36. The number of nitrogens with one attached hydrogen (secondary N) is 2. The number of methoxy groups -OCH3 is 1. The van der Waals surface area contributed by atoms with E-state index in [0.29, 0.717) is 0 Å². The lowest BCUT2D eigenvalue weighted by molar-refractivity contribution is 0.417. The van der Waals surface area contributed by atoms with Gasteiger partial charge in [-0.1, -0.05) is 0 Å². The van der Waals surface area contributed by atoms with Gasteiger partial charge in [0.1, 0.15) is 5.75 Å². The Morgan fingerprint density at radius 3 is 2.72 bits per heavy atom. The molecule has 0 spiro atoms. The van der Waals surface area contributed by atoms with Gasteiger partial charge in [-0.15, -0.1) is 0 Å². The van der Waals surface area contributed by atoms with Gasteiger partial charge in [-0.2, -0.15) is 0 Å². The van der Waals surface area contributed by atoms with Crippen LogP contribution in [0.15, 0.2) is 30.5 Å². The first kappa shape index (κ1) is 10.8. The van der Waals surface area contributed by atoms with E-state index in [0.717, 1.165) is 39.3 Å². The van der Waals surface area contributed by atoms with Crippen LogP contribution in [0.3, 0.4) is 0 Å². The highest BCUT2D eigenvalue weighted by Gasteiger charge is 2.13. The number of rotatable bonds is 2. The number of aryl methyl sites for hydroxylation is 1. The molecule has 4 nitrogen and oxygen atoms in total. The summed E-state index contributed by atoms with van der Waals surface area (Å²) < 4.78 is 5.46. The fraction of sp³-hybridized carbons (Fsp3) is 0.143. The second kappa shape index (κ2) is 3.84. The van der Waals surface area contributed by atoms with Crippen molar-refractivity contribution in [3.8, 4) is 17.1 Å². The lowest BCUT2D eigenvalue weighted by Gasteiger charge is -2.07. The number of benzene rings is 1. The summed E-state index contributed by atoms with van der Waals surface area (Å²) in [6.45, 7) is 2.00. The maximum absolute atomic E-state index is 6.05. The van der Waals surface area contributed by atoms with Crippen molar-refractivity contribution in [3.63, 3.8) is 0 Å². The molecule has 0 saturated heterocycles. The number of ether oxygens (including phenoxy) is 1. The molecule has 2 aromatic heterocycles. The summed E-state index contributed by atoms with van der Waals surface area (Å²) in [5.41, 5.74) is 10.8. The van der Waals surface area contributed by atoms with E-state index in [2.05, 4.69) is 16.0 Å². The minimum absolute atomic E-state index is 0.737. The van der Waals surface area contributed by atoms with Gasteiger partial charge in [0.05, 0.1) is 29.7 Å². The van der Waals surface area contributed by atoms with Crippen molar-refractivity contribution in [3.05, 3.63) is 36.0 Å². The molecule has 4 heteroatoms. The van der Waals surface area contributed by atoms with E-state index >= 15 is 0 Å². The topological polar surface area (TPSA) is 66.8 Å². The monoisotopic (exact) mass is 241 g/mol. The van der Waals surface area contributed by atoms with Crippen LogP contribution < -0.4 is 10.5 Å². The van der Waals surface area contributed by atoms with E-state index in [1.807, 2.05) is 31.3 Å². The lowest BCUT2D eigenvalue weighted by Crippen LogP contribution is -1.92. The molecule has 0 bridgehead atoms. The van der Waals surface area contributed by atoms with Gasteiger partial charge in [0.25, 0.3) is 0 Å². The first-order valence-electron chi connectivity index (χ1n) is 5.80. The first-order chi connectivity index (χ1) is 8.70. The smallest absolute Gasteiger partial charge is 0.131 e. The Labute approximate surface area is 105 Å². The van der Waals surface area contributed by atoms with Gasteiger partial charge in [0.15, 0.2) is 0 Å². The number of aromatic nitrogens is 2. The van der Waals surface area contributed by atoms with Crippen molar-refractivity contribution in [2.24, 2.45) is 0 Å². The van der Waals surface area contributed by atoms with Gasteiger partial charge in [0.2, 0.25) is 0 Å². The van der Waals surface area contributed by atoms with E-state index < -0.39 is 0 Å². The van der Waals surface area contributed by atoms with Gasteiger partial charge in [-0.25, -0.2) is 0 Å². The average Bonchev–Trinajstić information content (AvgIpc) is 2.97. The third-order valence-electron chi connectivity index (χ3n) is 3.17. The number of anilines is 1. The van der Waals surface area contributed by atoms with Gasteiger partial charge in [-0.05, 0) is 36.8 Å². The minimum atomic E-state index is 0.737. The number of nitrogens with two attached hydrogens (primary N) is 1. The number of hydrogen-bond donors (Lipinski definition) is 3. The van der Waals surface area contributed by atoms with Crippen LogP contribution in [0.25, 0.3) is 22.3 Å². The highest BCUT2D eigenvalue weighted by molar-refractivity contribution is 5.98. The molecule has 0 radical (unpaired) electrons. The average molecular weight is 241 g/mol. The summed E-state index contributed by atoms with van der Waals surface area (Å²) in [6.07, 6.45) is 1.90. The fourth-order valence-electron chi connectivity index (χ4n) is 2.36. The highest BCUT2D eigenvalue weighted by atomic mass is 16.5. The van der Waals surface area contributed by atoms with Crippen molar-refractivity contribution in [1.29, 1.82) is 0 Å². The number of nitrogen functional groups attached to an aromatic ring is 1.